The van der Waals surface area contributed by atoms with Crippen molar-refractivity contribution < 1.29 is 24.5 Å². The van der Waals surface area contributed by atoms with E-state index < -0.39 is 23.5 Å². The van der Waals surface area contributed by atoms with Crippen molar-refractivity contribution in [2.45, 2.75) is 98.8 Å². The highest BCUT2D eigenvalue weighted by atomic mass is 16.5. The molecule has 0 saturated carbocycles. The zero-order valence-corrected chi connectivity index (χ0v) is 23.3. The summed E-state index contributed by atoms with van der Waals surface area (Å²) in [7, 11) is 0. The average Bonchev–Trinajstić information content (AvgIpc) is 3.17. The standard InChI is InChI=1S/C30H44N2O5/c1-19-8-7-9-20(2)28(35)21(3)29(36)30(5,6)15-14-27(34)37-26(13-10-19)23-11-12-25-24(18-23)31-22(4)32(25)16-17-33/h10-12,18,20-21,26,28,33,35H,7-9,13-17H2,1-6H3/b19-10-/t20-,21+,26?,28?/m0/s1. The van der Waals surface area contributed by atoms with Crippen molar-refractivity contribution in [2.24, 2.45) is 17.3 Å². The van der Waals surface area contributed by atoms with Crippen LogP contribution in [0, 0.1) is 24.2 Å². The minimum Gasteiger partial charge on any atom is -0.457 e. The van der Waals surface area contributed by atoms with Crippen molar-refractivity contribution >= 4 is 22.8 Å². The number of aliphatic hydroxyl groups is 2. The Labute approximate surface area is 220 Å². The van der Waals surface area contributed by atoms with Crippen molar-refractivity contribution in [2.75, 3.05) is 6.61 Å². The molecule has 1 aromatic carbocycles. The van der Waals surface area contributed by atoms with Gasteiger partial charge in [-0.1, -0.05) is 45.4 Å². The van der Waals surface area contributed by atoms with Gasteiger partial charge in [0, 0.05) is 30.7 Å². The van der Waals surface area contributed by atoms with Crippen LogP contribution in [0.4, 0.5) is 0 Å². The van der Waals surface area contributed by atoms with Crippen LogP contribution in [0.25, 0.3) is 11.0 Å². The number of carbonyl (C=O) groups is 2. The number of fused-ring (bicyclic) bond motifs is 1. The van der Waals surface area contributed by atoms with Crippen LogP contribution < -0.4 is 0 Å². The third-order valence-corrected chi connectivity index (χ3v) is 7.97. The number of hydrogen-bond donors (Lipinski definition) is 2. The molecule has 2 N–H and O–H groups in total. The van der Waals surface area contributed by atoms with Gasteiger partial charge in [0.25, 0.3) is 0 Å². The van der Waals surface area contributed by atoms with Crippen LogP contribution in [0.1, 0.15) is 90.6 Å². The molecule has 1 aliphatic rings. The maximum atomic E-state index is 13.2. The summed E-state index contributed by atoms with van der Waals surface area (Å²) >= 11 is 0. The Bertz CT molecular complexity index is 1130. The van der Waals surface area contributed by atoms with Gasteiger partial charge in [-0.15, -0.1) is 0 Å². The summed E-state index contributed by atoms with van der Waals surface area (Å²) in [6.07, 6.45) is 4.68. The van der Waals surface area contributed by atoms with Gasteiger partial charge in [0.2, 0.25) is 0 Å². The van der Waals surface area contributed by atoms with Gasteiger partial charge in [-0.05, 0) is 63.1 Å². The smallest absolute Gasteiger partial charge is 0.306 e. The number of aliphatic hydroxyl groups excluding tert-OH is 2. The van der Waals surface area contributed by atoms with E-state index in [1.165, 1.54) is 5.57 Å². The van der Waals surface area contributed by atoms with Crippen molar-refractivity contribution in [3.8, 4) is 0 Å². The second-order valence-corrected chi connectivity index (χ2v) is 11.4. The third kappa shape index (κ3) is 7.08. The molecule has 0 fully saturated rings. The topological polar surface area (TPSA) is 102 Å². The molecule has 3 rings (SSSR count). The van der Waals surface area contributed by atoms with Gasteiger partial charge in [-0.3, -0.25) is 9.59 Å². The molecule has 0 aliphatic carbocycles. The summed E-state index contributed by atoms with van der Waals surface area (Å²) in [6.45, 7) is 12.0. The lowest BCUT2D eigenvalue weighted by Crippen LogP contribution is -2.39. The molecule has 0 saturated heterocycles. The SMILES string of the molecule is C/C1=C/CC(c2ccc3c(c2)nc(C)n3CCO)OC(=O)CCC(C)(C)C(=O)[C@H](C)C(O)[C@@H](C)CCC1. The molecule has 2 unspecified atom stereocenters. The predicted octanol–water partition coefficient (Wildman–Crippen LogP) is 5.45. The van der Waals surface area contributed by atoms with E-state index in [4.69, 9.17) is 4.74 Å². The fourth-order valence-electron chi connectivity index (χ4n) is 5.41. The maximum Gasteiger partial charge on any atom is 0.306 e. The number of imidazole rings is 1. The van der Waals surface area contributed by atoms with Gasteiger partial charge in [0.1, 0.15) is 17.7 Å². The van der Waals surface area contributed by atoms with Gasteiger partial charge >= 0.3 is 5.97 Å². The summed E-state index contributed by atoms with van der Waals surface area (Å²) in [6, 6.07) is 5.91. The number of esters is 1. The molecule has 2 aromatic rings. The number of allylic oxidation sites excluding steroid dienone is 1. The van der Waals surface area contributed by atoms with E-state index in [0.29, 0.717) is 19.4 Å². The number of cyclic esters (lactones) is 1. The molecular formula is C30H44N2O5. The molecule has 1 aromatic heterocycles. The lowest BCUT2D eigenvalue weighted by Gasteiger charge is -2.31. The van der Waals surface area contributed by atoms with Gasteiger partial charge in [0.15, 0.2) is 0 Å². The molecule has 204 valence electrons. The minimum atomic E-state index is -0.738. The fraction of sp³-hybridized carbons (Fsp3) is 0.633. The van der Waals surface area contributed by atoms with E-state index in [9.17, 15) is 19.8 Å². The highest BCUT2D eigenvalue weighted by Gasteiger charge is 2.37. The first kappa shape index (κ1) is 29.1. The highest BCUT2D eigenvalue weighted by Crippen LogP contribution is 2.33. The zero-order valence-electron chi connectivity index (χ0n) is 23.3. The van der Waals surface area contributed by atoms with Crippen LogP contribution in [0.2, 0.25) is 0 Å². The Morgan fingerprint density at radius 3 is 2.59 bits per heavy atom. The van der Waals surface area contributed by atoms with Crippen LogP contribution in [0.3, 0.4) is 0 Å². The first-order chi connectivity index (χ1) is 17.4. The Balaban J connectivity index is 1.90. The van der Waals surface area contributed by atoms with Gasteiger partial charge < -0.3 is 19.5 Å². The van der Waals surface area contributed by atoms with Crippen LogP contribution in [0.15, 0.2) is 29.8 Å². The molecule has 1 aliphatic heterocycles. The van der Waals surface area contributed by atoms with Crippen LogP contribution in [0.5, 0.6) is 0 Å². The Morgan fingerprint density at radius 2 is 1.89 bits per heavy atom. The van der Waals surface area contributed by atoms with Crippen LogP contribution >= 0.6 is 0 Å². The molecule has 0 spiro atoms. The number of ether oxygens (including phenoxy) is 1. The lowest BCUT2D eigenvalue weighted by molar-refractivity contribution is -0.150. The summed E-state index contributed by atoms with van der Waals surface area (Å²) in [5, 5.41) is 20.2. The number of benzene rings is 1. The first-order valence-corrected chi connectivity index (χ1v) is 13.6. The number of nitrogens with zero attached hydrogens (tertiary/aromatic N) is 2. The number of rotatable bonds is 3. The van der Waals surface area contributed by atoms with Crippen molar-refractivity contribution in [3.63, 3.8) is 0 Å². The second-order valence-electron chi connectivity index (χ2n) is 11.4. The number of ketones is 1. The summed E-state index contributed by atoms with van der Waals surface area (Å²) in [5.74, 6) is 0.00636. The van der Waals surface area contributed by atoms with E-state index in [0.717, 1.165) is 41.7 Å². The summed E-state index contributed by atoms with van der Waals surface area (Å²) in [5.41, 5.74) is 3.09. The van der Waals surface area contributed by atoms with Crippen LogP contribution in [-0.4, -0.2) is 44.2 Å². The van der Waals surface area contributed by atoms with Crippen molar-refractivity contribution in [1.29, 1.82) is 0 Å². The Morgan fingerprint density at radius 1 is 1.16 bits per heavy atom. The van der Waals surface area contributed by atoms with Crippen molar-refractivity contribution in [1.82, 2.24) is 9.55 Å². The molecule has 2 heterocycles. The highest BCUT2D eigenvalue weighted by molar-refractivity contribution is 5.87. The maximum absolute atomic E-state index is 13.2. The monoisotopic (exact) mass is 512 g/mol. The first-order valence-electron chi connectivity index (χ1n) is 13.6. The molecular weight excluding hydrogens is 468 g/mol. The van der Waals surface area contributed by atoms with Gasteiger partial charge in [-0.25, -0.2) is 4.98 Å². The number of aryl methyl sites for hydroxylation is 1. The second kappa shape index (κ2) is 12.4. The molecule has 0 bridgehead atoms. The molecule has 7 nitrogen and oxygen atoms in total. The zero-order chi connectivity index (χ0) is 27.3. The molecule has 0 radical (unpaired) electrons. The molecule has 0 amide bonds. The lowest BCUT2D eigenvalue weighted by atomic mass is 9.74. The van der Waals surface area contributed by atoms with Gasteiger partial charge in [-0.2, -0.15) is 0 Å². The molecule has 37 heavy (non-hydrogen) atoms. The molecule has 4 atom stereocenters. The quantitative estimate of drug-likeness (QED) is 0.419. The molecule has 7 heteroatoms. The Hall–Kier alpha value is -2.51. The predicted molar refractivity (Wildman–Crippen MR) is 145 cm³/mol. The van der Waals surface area contributed by atoms with E-state index >= 15 is 0 Å². The number of carbonyl (C=O) groups excluding carboxylic acids is 2. The van der Waals surface area contributed by atoms with E-state index in [-0.39, 0.29) is 30.7 Å². The summed E-state index contributed by atoms with van der Waals surface area (Å²) < 4.78 is 7.97. The normalized spacial score (nSPS) is 28.1. The third-order valence-electron chi connectivity index (χ3n) is 7.97. The minimum absolute atomic E-state index is 0.0151. The van der Waals surface area contributed by atoms with Crippen LogP contribution in [-0.2, 0) is 20.9 Å². The van der Waals surface area contributed by atoms with Crippen molar-refractivity contribution in [3.05, 3.63) is 41.2 Å². The van der Waals surface area contributed by atoms with Gasteiger partial charge in [0.05, 0.1) is 23.7 Å². The number of aromatic nitrogens is 2. The van der Waals surface area contributed by atoms with E-state index in [2.05, 4.69) is 18.0 Å². The number of Topliss-reactive ketones (excluding diaryl/α,β-unsaturated/α-hetero) is 1. The summed E-state index contributed by atoms with van der Waals surface area (Å²) in [4.78, 5) is 30.9. The largest absolute Gasteiger partial charge is 0.457 e. The Kier molecular flexibility index (Phi) is 9.70. The van der Waals surface area contributed by atoms with E-state index in [1.807, 2.05) is 50.5 Å². The number of hydrogen-bond acceptors (Lipinski definition) is 6. The van der Waals surface area contributed by atoms with E-state index in [1.54, 1.807) is 6.92 Å². The fourth-order valence-corrected chi connectivity index (χ4v) is 5.41. The average molecular weight is 513 g/mol.